The maximum atomic E-state index is 12.6. The lowest BCUT2D eigenvalue weighted by molar-refractivity contribution is 0.103. The van der Waals surface area contributed by atoms with Crippen molar-refractivity contribution < 1.29 is 14.3 Å². The van der Waals surface area contributed by atoms with E-state index in [1.165, 1.54) is 31.7 Å². The lowest BCUT2D eigenvalue weighted by atomic mass is 10.0. The quantitative estimate of drug-likeness (QED) is 0.651. The fourth-order valence-electron chi connectivity index (χ4n) is 2.88. The first-order valence-corrected chi connectivity index (χ1v) is 8.87. The first kappa shape index (κ1) is 18.0. The minimum absolute atomic E-state index is 0.173. The highest BCUT2D eigenvalue weighted by atomic mass is 35.5. The van der Waals surface area contributed by atoms with Crippen molar-refractivity contribution in [1.82, 2.24) is 4.98 Å². The Morgan fingerprint density at radius 1 is 1.16 bits per heavy atom. The third-order valence-corrected chi connectivity index (χ3v) is 4.81. The molecule has 2 aromatic rings. The van der Waals surface area contributed by atoms with Crippen LogP contribution in [0.4, 0.5) is 0 Å². The smallest absolute Gasteiger partial charge is 0.171 e. The molecule has 131 valence electrons. The second kappa shape index (κ2) is 8.07. The summed E-state index contributed by atoms with van der Waals surface area (Å²) in [4.78, 5) is 16.5. The maximum absolute atomic E-state index is 12.6. The minimum Gasteiger partial charge on any atom is -0.493 e. The Kier molecular flexibility index (Phi) is 5.82. The number of pyridine rings is 1. The average Bonchev–Trinajstić information content (AvgIpc) is 3.11. The lowest BCUT2D eigenvalue weighted by Crippen LogP contribution is -2.12. The summed E-state index contributed by atoms with van der Waals surface area (Å²) < 4.78 is 11.4. The van der Waals surface area contributed by atoms with Gasteiger partial charge in [-0.3, -0.25) is 9.78 Å². The number of ether oxygens (including phenoxy) is 2. The number of carbonyl (C=O) groups excluding carboxylic acids is 1. The van der Waals surface area contributed by atoms with Gasteiger partial charge >= 0.3 is 0 Å². The highest BCUT2D eigenvalue weighted by Crippen LogP contribution is 2.33. The predicted octanol–water partition coefficient (Wildman–Crippen LogP) is 5.15. The second-order valence-electron chi connectivity index (χ2n) is 5.92. The molecule has 0 spiro atoms. The summed E-state index contributed by atoms with van der Waals surface area (Å²) in [5.74, 6) is 0.984. The third kappa shape index (κ3) is 4.25. The SMILES string of the molecule is COc1ccc(C(=O)[CH]c2c(Cl)cncc2Cl)cc1OC1CCCC1. The van der Waals surface area contributed by atoms with Crippen molar-refractivity contribution in [3.63, 3.8) is 0 Å². The molecule has 25 heavy (non-hydrogen) atoms. The van der Waals surface area contributed by atoms with E-state index >= 15 is 0 Å². The number of aromatic nitrogens is 1. The van der Waals surface area contributed by atoms with E-state index in [9.17, 15) is 4.79 Å². The number of halogens is 2. The van der Waals surface area contributed by atoms with E-state index in [0.717, 1.165) is 12.8 Å². The van der Waals surface area contributed by atoms with Crippen LogP contribution in [0.25, 0.3) is 0 Å². The van der Waals surface area contributed by atoms with E-state index in [-0.39, 0.29) is 11.9 Å². The molecule has 0 N–H and O–H groups in total. The summed E-state index contributed by atoms with van der Waals surface area (Å²) >= 11 is 12.2. The number of carbonyl (C=O) groups is 1. The molecule has 3 rings (SSSR count). The first-order valence-electron chi connectivity index (χ1n) is 8.11. The van der Waals surface area contributed by atoms with E-state index in [2.05, 4.69) is 4.98 Å². The summed E-state index contributed by atoms with van der Waals surface area (Å²) in [6.07, 6.45) is 8.87. The van der Waals surface area contributed by atoms with Crippen LogP contribution >= 0.6 is 23.2 Å². The molecule has 1 saturated carbocycles. The molecule has 6 heteroatoms. The molecule has 0 amide bonds. The normalized spacial score (nSPS) is 14.5. The number of ketones is 1. The van der Waals surface area contributed by atoms with Gasteiger partial charge in [-0.05, 0) is 43.9 Å². The van der Waals surface area contributed by atoms with Crippen molar-refractivity contribution in [1.29, 1.82) is 0 Å². The molecule has 1 fully saturated rings. The Bertz CT molecular complexity index is 753. The minimum atomic E-state index is -0.214. The van der Waals surface area contributed by atoms with Gasteiger partial charge in [-0.1, -0.05) is 23.2 Å². The molecule has 1 aromatic carbocycles. The van der Waals surface area contributed by atoms with Crippen LogP contribution < -0.4 is 9.47 Å². The Balaban J connectivity index is 1.82. The van der Waals surface area contributed by atoms with Crippen molar-refractivity contribution in [3.8, 4) is 11.5 Å². The van der Waals surface area contributed by atoms with Crippen LogP contribution in [0.15, 0.2) is 30.6 Å². The Morgan fingerprint density at radius 2 is 1.84 bits per heavy atom. The van der Waals surface area contributed by atoms with Crippen LogP contribution in [0.2, 0.25) is 10.0 Å². The maximum Gasteiger partial charge on any atom is 0.171 e. The fourth-order valence-corrected chi connectivity index (χ4v) is 3.36. The topological polar surface area (TPSA) is 48.4 Å². The molecule has 1 radical (unpaired) electrons. The molecule has 0 unspecified atom stereocenters. The zero-order chi connectivity index (χ0) is 17.8. The van der Waals surface area contributed by atoms with Crippen LogP contribution in [0.5, 0.6) is 11.5 Å². The van der Waals surface area contributed by atoms with Crippen LogP contribution in [0.1, 0.15) is 41.6 Å². The third-order valence-electron chi connectivity index (χ3n) is 4.21. The van der Waals surface area contributed by atoms with Gasteiger partial charge in [-0.15, -0.1) is 0 Å². The van der Waals surface area contributed by atoms with E-state index in [4.69, 9.17) is 32.7 Å². The van der Waals surface area contributed by atoms with Crippen LogP contribution in [-0.2, 0) is 0 Å². The predicted molar refractivity (Wildman–Crippen MR) is 97.9 cm³/mol. The van der Waals surface area contributed by atoms with Crippen LogP contribution in [0.3, 0.4) is 0 Å². The average molecular weight is 379 g/mol. The highest BCUT2D eigenvalue weighted by Gasteiger charge is 2.20. The number of nitrogens with zero attached hydrogens (tertiary/aromatic N) is 1. The number of hydrogen-bond acceptors (Lipinski definition) is 4. The van der Waals surface area contributed by atoms with Crippen molar-refractivity contribution in [2.75, 3.05) is 7.11 Å². The van der Waals surface area contributed by atoms with Crippen molar-refractivity contribution in [2.45, 2.75) is 31.8 Å². The van der Waals surface area contributed by atoms with Gasteiger partial charge < -0.3 is 9.47 Å². The molecule has 1 aliphatic carbocycles. The Morgan fingerprint density at radius 3 is 2.48 bits per heavy atom. The molecule has 0 saturated heterocycles. The van der Waals surface area contributed by atoms with Gasteiger partial charge in [0.05, 0.1) is 29.7 Å². The van der Waals surface area contributed by atoms with Crippen molar-refractivity contribution >= 4 is 29.0 Å². The number of rotatable bonds is 6. The molecule has 1 aromatic heterocycles. The largest absolute Gasteiger partial charge is 0.493 e. The molecule has 0 aliphatic heterocycles. The van der Waals surface area contributed by atoms with Gasteiger partial charge in [0, 0.05) is 23.5 Å². The van der Waals surface area contributed by atoms with Gasteiger partial charge in [0.2, 0.25) is 0 Å². The Hall–Kier alpha value is -1.78. The number of benzene rings is 1. The Labute approximate surface area is 157 Å². The molecule has 1 heterocycles. The molecule has 1 aliphatic rings. The zero-order valence-electron chi connectivity index (χ0n) is 13.8. The molecule has 0 bridgehead atoms. The van der Waals surface area contributed by atoms with Crippen LogP contribution in [-0.4, -0.2) is 24.0 Å². The van der Waals surface area contributed by atoms with Gasteiger partial charge in [0.15, 0.2) is 17.3 Å². The summed E-state index contributed by atoms with van der Waals surface area (Å²) in [6, 6.07) is 5.14. The van der Waals surface area contributed by atoms with Gasteiger partial charge in [-0.2, -0.15) is 0 Å². The molecular formula is C19H18Cl2NO3. The number of hydrogen-bond donors (Lipinski definition) is 0. The summed E-state index contributed by atoms with van der Waals surface area (Å²) in [5.41, 5.74) is 0.940. The fraction of sp³-hybridized carbons (Fsp3) is 0.316. The monoisotopic (exact) mass is 378 g/mol. The summed E-state index contributed by atoms with van der Waals surface area (Å²) in [7, 11) is 1.58. The molecular weight excluding hydrogens is 361 g/mol. The van der Waals surface area contributed by atoms with Crippen molar-refractivity contribution in [3.05, 3.63) is 58.2 Å². The zero-order valence-corrected chi connectivity index (χ0v) is 15.3. The standard InChI is InChI=1S/C19H18Cl2NO3/c1-24-18-7-6-12(8-19(18)25-13-4-2-3-5-13)17(23)9-14-15(20)10-22-11-16(14)21/h6-11,13H,2-5H2,1H3. The van der Waals surface area contributed by atoms with E-state index in [1.54, 1.807) is 25.3 Å². The van der Waals surface area contributed by atoms with Gasteiger partial charge in [-0.25, -0.2) is 0 Å². The first-order chi connectivity index (χ1) is 12.1. The van der Waals surface area contributed by atoms with E-state index in [0.29, 0.717) is 32.7 Å². The second-order valence-corrected chi connectivity index (χ2v) is 6.73. The van der Waals surface area contributed by atoms with E-state index in [1.807, 2.05) is 0 Å². The van der Waals surface area contributed by atoms with Crippen LogP contribution in [0, 0.1) is 6.42 Å². The number of Topliss-reactive ketones (excluding diaryl/α,β-unsaturated/α-hetero) is 1. The van der Waals surface area contributed by atoms with E-state index < -0.39 is 0 Å². The van der Waals surface area contributed by atoms with Gasteiger partial charge in [0.1, 0.15) is 0 Å². The van der Waals surface area contributed by atoms with Gasteiger partial charge in [0.25, 0.3) is 0 Å². The number of methoxy groups -OCH3 is 1. The lowest BCUT2D eigenvalue weighted by Gasteiger charge is -2.16. The summed E-state index contributed by atoms with van der Waals surface area (Å²) in [6.45, 7) is 0. The summed E-state index contributed by atoms with van der Waals surface area (Å²) in [5, 5.41) is 0.661. The molecule has 0 atom stereocenters. The molecule has 4 nitrogen and oxygen atoms in total. The highest BCUT2D eigenvalue weighted by molar-refractivity contribution is 6.36. The van der Waals surface area contributed by atoms with Crippen molar-refractivity contribution in [2.24, 2.45) is 0 Å².